The number of aliphatic imine (C=N–C) groups is 1. The molecular weight excluding hydrogens is 150 g/mol. The van der Waals surface area contributed by atoms with Crippen LogP contribution in [0, 0.1) is 0 Å². The maximum absolute atomic E-state index is 4.49. The predicted octanol–water partition coefficient (Wildman–Crippen LogP) is 0.820. The van der Waals surface area contributed by atoms with E-state index in [0.29, 0.717) is 6.04 Å². The Morgan fingerprint density at radius 1 is 1.50 bits per heavy atom. The van der Waals surface area contributed by atoms with Crippen LogP contribution in [0.15, 0.2) is 4.99 Å². The molecule has 0 saturated carbocycles. The smallest absolute Gasteiger partial charge is 0.194 e. The van der Waals surface area contributed by atoms with Crippen molar-refractivity contribution in [3.63, 3.8) is 0 Å². The van der Waals surface area contributed by atoms with Crippen molar-refractivity contribution in [2.24, 2.45) is 4.99 Å². The summed E-state index contributed by atoms with van der Waals surface area (Å²) in [5, 5.41) is 3.37. The van der Waals surface area contributed by atoms with Crippen LogP contribution >= 0.6 is 0 Å². The highest BCUT2D eigenvalue weighted by molar-refractivity contribution is 5.81. The summed E-state index contributed by atoms with van der Waals surface area (Å²) in [7, 11) is 0. The summed E-state index contributed by atoms with van der Waals surface area (Å²) in [6.45, 7) is 5.58. The summed E-state index contributed by atoms with van der Waals surface area (Å²) in [5.74, 6) is 1.14. The number of rotatable bonds is 0. The molecule has 3 nitrogen and oxygen atoms in total. The summed E-state index contributed by atoms with van der Waals surface area (Å²) < 4.78 is 0. The molecule has 1 saturated heterocycles. The van der Waals surface area contributed by atoms with Crippen molar-refractivity contribution < 1.29 is 0 Å². The van der Waals surface area contributed by atoms with E-state index in [1.54, 1.807) is 0 Å². The molecule has 0 bridgehead atoms. The molecule has 1 unspecified atom stereocenters. The van der Waals surface area contributed by atoms with Gasteiger partial charge in [-0.1, -0.05) is 0 Å². The van der Waals surface area contributed by atoms with Gasteiger partial charge in [-0.15, -0.1) is 0 Å². The minimum atomic E-state index is 0.689. The number of guanidine groups is 1. The van der Waals surface area contributed by atoms with Gasteiger partial charge in [0.1, 0.15) is 0 Å². The van der Waals surface area contributed by atoms with Gasteiger partial charge in [-0.25, -0.2) is 0 Å². The van der Waals surface area contributed by atoms with Crippen LogP contribution in [0.3, 0.4) is 0 Å². The van der Waals surface area contributed by atoms with Gasteiger partial charge < -0.3 is 10.2 Å². The molecule has 2 aliphatic heterocycles. The first kappa shape index (κ1) is 7.90. The number of nitrogens with zero attached hydrogens (tertiary/aromatic N) is 2. The average Bonchev–Trinajstić information content (AvgIpc) is 2.53. The molecule has 2 aliphatic rings. The van der Waals surface area contributed by atoms with E-state index in [9.17, 15) is 0 Å². The van der Waals surface area contributed by atoms with Crippen LogP contribution in [0.5, 0.6) is 0 Å². The maximum Gasteiger partial charge on any atom is 0.194 e. The Kier molecular flexibility index (Phi) is 2.19. The van der Waals surface area contributed by atoms with E-state index in [-0.39, 0.29) is 0 Å². The molecule has 3 heteroatoms. The Bertz CT molecular complexity index is 188. The van der Waals surface area contributed by atoms with Crippen LogP contribution in [0.1, 0.15) is 26.2 Å². The van der Waals surface area contributed by atoms with E-state index in [0.717, 1.165) is 19.0 Å². The van der Waals surface area contributed by atoms with Gasteiger partial charge in [-0.3, -0.25) is 4.99 Å². The van der Waals surface area contributed by atoms with E-state index in [2.05, 4.69) is 22.1 Å². The van der Waals surface area contributed by atoms with Gasteiger partial charge in [0.15, 0.2) is 5.96 Å². The van der Waals surface area contributed by atoms with Gasteiger partial charge in [0.05, 0.1) is 0 Å². The molecule has 0 spiro atoms. The van der Waals surface area contributed by atoms with E-state index in [4.69, 9.17) is 0 Å². The average molecular weight is 167 g/mol. The van der Waals surface area contributed by atoms with Crippen LogP contribution in [0.4, 0.5) is 0 Å². The summed E-state index contributed by atoms with van der Waals surface area (Å²) >= 11 is 0. The molecule has 0 amide bonds. The van der Waals surface area contributed by atoms with Crippen LogP contribution < -0.4 is 5.32 Å². The van der Waals surface area contributed by atoms with Crippen molar-refractivity contribution in [2.45, 2.75) is 32.2 Å². The summed E-state index contributed by atoms with van der Waals surface area (Å²) in [6, 6.07) is 0.689. The highest BCUT2D eigenvalue weighted by atomic mass is 15.3. The molecule has 0 radical (unpaired) electrons. The zero-order valence-electron chi connectivity index (χ0n) is 7.71. The molecule has 0 aromatic heterocycles. The van der Waals surface area contributed by atoms with Crippen molar-refractivity contribution in [2.75, 3.05) is 19.6 Å². The molecule has 2 rings (SSSR count). The molecule has 68 valence electrons. The Hall–Kier alpha value is -0.730. The largest absolute Gasteiger partial charge is 0.356 e. The van der Waals surface area contributed by atoms with Crippen LogP contribution in [0.25, 0.3) is 0 Å². The van der Waals surface area contributed by atoms with Crippen molar-refractivity contribution in [1.29, 1.82) is 0 Å². The third kappa shape index (κ3) is 1.40. The third-order valence-corrected chi connectivity index (χ3v) is 2.70. The Balaban J connectivity index is 2.02. The molecule has 2 heterocycles. The lowest BCUT2D eigenvalue weighted by atomic mass is 10.2. The monoisotopic (exact) mass is 167 g/mol. The zero-order valence-corrected chi connectivity index (χ0v) is 7.71. The van der Waals surface area contributed by atoms with Crippen LogP contribution in [-0.4, -0.2) is 36.5 Å². The molecule has 0 aromatic carbocycles. The third-order valence-electron chi connectivity index (χ3n) is 2.70. The molecule has 0 aromatic rings. The van der Waals surface area contributed by atoms with Gasteiger partial charge in [-0.2, -0.15) is 0 Å². The van der Waals surface area contributed by atoms with Crippen LogP contribution in [-0.2, 0) is 0 Å². The summed E-state index contributed by atoms with van der Waals surface area (Å²) in [5.41, 5.74) is 0. The highest BCUT2D eigenvalue weighted by Gasteiger charge is 2.23. The fourth-order valence-corrected chi connectivity index (χ4v) is 1.96. The van der Waals surface area contributed by atoms with Gasteiger partial charge in [-0.05, 0) is 26.2 Å². The second-order valence-corrected chi connectivity index (χ2v) is 3.67. The minimum Gasteiger partial charge on any atom is -0.356 e. The quantitative estimate of drug-likeness (QED) is 0.578. The lowest BCUT2D eigenvalue weighted by Gasteiger charge is -2.28. The Morgan fingerprint density at radius 2 is 2.42 bits per heavy atom. The summed E-state index contributed by atoms with van der Waals surface area (Å²) in [6.07, 6.45) is 3.83. The molecule has 1 fully saturated rings. The second-order valence-electron chi connectivity index (χ2n) is 3.67. The number of nitrogens with one attached hydrogen (secondary N) is 1. The zero-order chi connectivity index (χ0) is 8.39. The fraction of sp³-hybridized carbons (Fsp3) is 0.889. The van der Waals surface area contributed by atoms with Gasteiger partial charge in [0, 0.05) is 25.7 Å². The molecule has 1 N–H and O–H groups in total. The predicted molar refractivity (Wildman–Crippen MR) is 50.3 cm³/mol. The lowest BCUT2D eigenvalue weighted by Crippen LogP contribution is -2.45. The molecule has 12 heavy (non-hydrogen) atoms. The number of hydrogen-bond acceptors (Lipinski definition) is 3. The first-order valence-corrected chi connectivity index (χ1v) is 4.93. The molecule has 1 atom stereocenters. The fourth-order valence-electron chi connectivity index (χ4n) is 1.96. The van der Waals surface area contributed by atoms with E-state index in [1.165, 1.54) is 25.8 Å². The van der Waals surface area contributed by atoms with E-state index < -0.39 is 0 Å². The SMILES string of the molecule is CC1CCCN1C1=NCCCN1. The number of hydrogen-bond donors (Lipinski definition) is 1. The molecule has 0 aliphatic carbocycles. The first-order chi connectivity index (χ1) is 5.88. The highest BCUT2D eigenvalue weighted by Crippen LogP contribution is 2.16. The van der Waals surface area contributed by atoms with Crippen molar-refractivity contribution in [3.05, 3.63) is 0 Å². The van der Waals surface area contributed by atoms with Gasteiger partial charge in [0.2, 0.25) is 0 Å². The van der Waals surface area contributed by atoms with Crippen molar-refractivity contribution in [3.8, 4) is 0 Å². The normalized spacial score (nSPS) is 29.9. The maximum atomic E-state index is 4.49. The van der Waals surface area contributed by atoms with Gasteiger partial charge >= 0.3 is 0 Å². The lowest BCUT2D eigenvalue weighted by molar-refractivity contribution is 0.392. The molecular formula is C9H17N3. The van der Waals surface area contributed by atoms with Gasteiger partial charge in [0.25, 0.3) is 0 Å². The second kappa shape index (κ2) is 3.33. The standard InChI is InChI=1S/C9H17N3/c1-8-4-2-7-12(8)9-10-5-3-6-11-9/h8H,2-7H2,1H3,(H,10,11). The topological polar surface area (TPSA) is 27.6 Å². The van der Waals surface area contributed by atoms with Crippen molar-refractivity contribution >= 4 is 5.96 Å². The minimum absolute atomic E-state index is 0.689. The first-order valence-electron chi connectivity index (χ1n) is 4.93. The summed E-state index contributed by atoms with van der Waals surface area (Å²) in [4.78, 5) is 6.90. The number of likely N-dealkylation sites (tertiary alicyclic amines) is 1. The van der Waals surface area contributed by atoms with Crippen molar-refractivity contribution in [1.82, 2.24) is 10.2 Å². The Labute approximate surface area is 73.9 Å². The van der Waals surface area contributed by atoms with E-state index in [1.807, 2.05) is 0 Å². The Morgan fingerprint density at radius 3 is 3.00 bits per heavy atom. The van der Waals surface area contributed by atoms with Crippen LogP contribution in [0.2, 0.25) is 0 Å². The van der Waals surface area contributed by atoms with E-state index >= 15 is 0 Å².